The van der Waals surface area contributed by atoms with E-state index >= 15 is 0 Å². The second-order valence-corrected chi connectivity index (χ2v) is 13.5. The number of hydrogen-bond acceptors (Lipinski definition) is 5. The maximum absolute atomic E-state index is 14.0. The SMILES string of the molecule is O=C(Nc1ccccc1)N(CC1CCCC(N(Cc2ccccc2)C(=O)NCCc2ccccc2)C1)c1cccc(OCCN2CCOCC2)c1. The highest BCUT2D eigenvalue weighted by molar-refractivity contribution is 6.01. The summed E-state index contributed by atoms with van der Waals surface area (Å²) in [6, 6.07) is 37.7. The standard InChI is InChI=1S/C42H51N5O4/c48-41(43-23-22-34-12-4-1-5-13-34)46(32-35-14-6-2-7-15-35)38-19-10-16-36(30-38)33-47(42(49)44-37-17-8-3-9-18-37)39-20-11-21-40(31-39)51-29-26-45-24-27-50-28-25-45/h1-9,11-15,17-18,20-21,31,36,38H,10,16,19,22-30,32-33H2,(H,43,48)(H,44,49). The highest BCUT2D eigenvalue weighted by atomic mass is 16.5. The summed E-state index contributed by atoms with van der Waals surface area (Å²) >= 11 is 0. The molecule has 2 unspecified atom stereocenters. The molecule has 1 aliphatic carbocycles. The molecule has 0 radical (unpaired) electrons. The normalized spacial score (nSPS) is 17.6. The number of para-hydroxylation sites is 1. The summed E-state index contributed by atoms with van der Waals surface area (Å²) in [4.78, 5) is 34.0. The van der Waals surface area contributed by atoms with Crippen molar-refractivity contribution in [1.29, 1.82) is 0 Å². The molecule has 1 saturated heterocycles. The van der Waals surface area contributed by atoms with Crippen LogP contribution in [0.4, 0.5) is 21.0 Å². The molecule has 2 atom stereocenters. The van der Waals surface area contributed by atoms with E-state index in [9.17, 15) is 9.59 Å². The number of morpholine rings is 1. The van der Waals surface area contributed by atoms with Crippen molar-refractivity contribution in [3.8, 4) is 5.75 Å². The van der Waals surface area contributed by atoms with Crippen LogP contribution in [0.3, 0.4) is 0 Å². The second-order valence-electron chi connectivity index (χ2n) is 13.5. The van der Waals surface area contributed by atoms with Crippen molar-refractivity contribution in [2.45, 2.75) is 44.7 Å². The molecule has 4 aromatic carbocycles. The number of urea groups is 2. The number of rotatable bonds is 14. The molecule has 1 heterocycles. The number of nitrogens with one attached hydrogen (secondary N) is 2. The largest absolute Gasteiger partial charge is 0.492 e. The van der Waals surface area contributed by atoms with E-state index in [1.165, 1.54) is 5.56 Å². The van der Waals surface area contributed by atoms with Gasteiger partial charge in [-0.1, -0.05) is 91.3 Å². The van der Waals surface area contributed by atoms with E-state index in [4.69, 9.17) is 9.47 Å². The molecule has 2 N–H and O–H groups in total. The van der Waals surface area contributed by atoms with E-state index in [1.54, 1.807) is 0 Å². The first kappa shape index (κ1) is 35.9. The van der Waals surface area contributed by atoms with Gasteiger partial charge in [-0.05, 0) is 67.0 Å². The zero-order chi connectivity index (χ0) is 35.1. The summed E-state index contributed by atoms with van der Waals surface area (Å²) in [5.41, 5.74) is 3.83. The highest BCUT2D eigenvalue weighted by Crippen LogP contribution is 2.32. The summed E-state index contributed by atoms with van der Waals surface area (Å²) in [6.45, 7) is 6.37. The van der Waals surface area contributed by atoms with Gasteiger partial charge < -0.3 is 25.0 Å². The zero-order valence-electron chi connectivity index (χ0n) is 29.5. The summed E-state index contributed by atoms with van der Waals surface area (Å²) in [5, 5.41) is 6.32. The number of carbonyl (C=O) groups is 2. The molecule has 9 nitrogen and oxygen atoms in total. The van der Waals surface area contributed by atoms with Gasteiger partial charge in [-0.2, -0.15) is 0 Å². The van der Waals surface area contributed by atoms with Crippen molar-refractivity contribution in [3.05, 3.63) is 126 Å². The van der Waals surface area contributed by atoms with E-state index in [2.05, 4.69) is 39.8 Å². The Morgan fingerprint density at radius 2 is 1.51 bits per heavy atom. The molecular formula is C42H51N5O4. The van der Waals surface area contributed by atoms with Crippen LogP contribution in [0.5, 0.6) is 5.75 Å². The molecule has 2 fully saturated rings. The van der Waals surface area contributed by atoms with Crippen molar-refractivity contribution < 1.29 is 19.1 Å². The van der Waals surface area contributed by atoms with Gasteiger partial charge in [-0.15, -0.1) is 0 Å². The molecule has 4 aromatic rings. The van der Waals surface area contributed by atoms with Gasteiger partial charge in [0, 0.05) is 62.8 Å². The highest BCUT2D eigenvalue weighted by Gasteiger charge is 2.32. The lowest BCUT2D eigenvalue weighted by molar-refractivity contribution is 0.0322. The Kier molecular flexibility index (Phi) is 13.4. The third-order valence-electron chi connectivity index (χ3n) is 9.81. The van der Waals surface area contributed by atoms with Gasteiger partial charge in [-0.3, -0.25) is 9.80 Å². The van der Waals surface area contributed by atoms with Gasteiger partial charge in [0.15, 0.2) is 0 Å². The maximum atomic E-state index is 14.0. The van der Waals surface area contributed by atoms with Crippen LogP contribution in [-0.2, 0) is 17.7 Å². The van der Waals surface area contributed by atoms with Gasteiger partial charge in [0.1, 0.15) is 12.4 Å². The molecule has 268 valence electrons. The molecule has 51 heavy (non-hydrogen) atoms. The molecule has 2 aliphatic rings. The Bertz CT molecular complexity index is 1640. The molecule has 0 aromatic heterocycles. The number of hydrogen-bond donors (Lipinski definition) is 2. The average Bonchev–Trinajstić information content (AvgIpc) is 3.18. The van der Waals surface area contributed by atoms with Crippen LogP contribution < -0.4 is 20.3 Å². The predicted octanol–water partition coefficient (Wildman–Crippen LogP) is 7.45. The molecular weight excluding hydrogens is 638 g/mol. The van der Waals surface area contributed by atoms with Crippen LogP contribution in [-0.4, -0.2) is 80.4 Å². The average molecular weight is 690 g/mol. The fraction of sp³-hybridized carbons (Fsp3) is 0.381. The molecule has 4 amide bonds. The fourth-order valence-electron chi connectivity index (χ4n) is 7.05. The third-order valence-corrected chi connectivity index (χ3v) is 9.81. The lowest BCUT2D eigenvalue weighted by Crippen LogP contribution is -2.49. The third kappa shape index (κ3) is 11.1. The van der Waals surface area contributed by atoms with Crippen LogP contribution in [0.1, 0.15) is 36.8 Å². The lowest BCUT2D eigenvalue weighted by Gasteiger charge is -2.39. The number of benzene rings is 4. The molecule has 0 bridgehead atoms. The Labute approximate surface area is 302 Å². The number of anilines is 2. The zero-order valence-corrected chi connectivity index (χ0v) is 29.5. The van der Waals surface area contributed by atoms with E-state index in [0.29, 0.717) is 26.2 Å². The minimum atomic E-state index is -0.186. The van der Waals surface area contributed by atoms with E-state index in [0.717, 1.165) is 87.6 Å². The minimum Gasteiger partial charge on any atom is -0.492 e. The van der Waals surface area contributed by atoms with Crippen molar-refractivity contribution >= 4 is 23.4 Å². The quantitative estimate of drug-likeness (QED) is 0.144. The number of carbonyl (C=O) groups excluding carboxylic acids is 2. The van der Waals surface area contributed by atoms with Gasteiger partial charge in [0.25, 0.3) is 0 Å². The Morgan fingerprint density at radius 3 is 2.25 bits per heavy atom. The second kappa shape index (κ2) is 18.9. The van der Waals surface area contributed by atoms with Crippen molar-refractivity contribution in [2.24, 2.45) is 5.92 Å². The first-order valence-electron chi connectivity index (χ1n) is 18.4. The fourth-order valence-corrected chi connectivity index (χ4v) is 7.05. The van der Waals surface area contributed by atoms with Gasteiger partial charge >= 0.3 is 12.1 Å². The van der Waals surface area contributed by atoms with Crippen LogP contribution in [0, 0.1) is 5.92 Å². The number of nitrogens with zero attached hydrogens (tertiary/aromatic N) is 3. The molecule has 0 spiro atoms. The van der Waals surface area contributed by atoms with Crippen LogP contribution in [0.2, 0.25) is 0 Å². The van der Waals surface area contributed by atoms with Crippen LogP contribution >= 0.6 is 0 Å². The summed E-state index contributed by atoms with van der Waals surface area (Å²) in [7, 11) is 0. The topological polar surface area (TPSA) is 86.4 Å². The lowest BCUT2D eigenvalue weighted by atomic mass is 9.84. The van der Waals surface area contributed by atoms with Gasteiger partial charge in [0.2, 0.25) is 0 Å². The summed E-state index contributed by atoms with van der Waals surface area (Å²) in [6.07, 6.45) is 4.48. The van der Waals surface area contributed by atoms with E-state index in [-0.39, 0.29) is 24.0 Å². The summed E-state index contributed by atoms with van der Waals surface area (Å²) < 4.78 is 11.7. The maximum Gasteiger partial charge on any atom is 0.326 e. The van der Waals surface area contributed by atoms with Crippen molar-refractivity contribution in [1.82, 2.24) is 15.1 Å². The first-order chi connectivity index (χ1) is 25.1. The molecule has 9 heteroatoms. The minimum absolute atomic E-state index is 0.0407. The predicted molar refractivity (Wildman–Crippen MR) is 203 cm³/mol. The van der Waals surface area contributed by atoms with Crippen LogP contribution in [0.15, 0.2) is 115 Å². The monoisotopic (exact) mass is 689 g/mol. The number of amides is 4. The molecule has 6 rings (SSSR count). The summed E-state index contributed by atoms with van der Waals surface area (Å²) in [5.74, 6) is 0.938. The Hall–Kier alpha value is -4.86. The first-order valence-corrected chi connectivity index (χ1v) is 18.4. The van der Waals surface area contributed by atoms with Crippen molar-refractivity contribution in [3.63, 3.8) is 0 Å². The van der Waals surface area contributed by atoms with Gasteiger partial charge in [-0.25, -0.2) is 9.59 Å². The molecule has 1 aliphatic heterocycles. The van der Waals surface area contributed by atoms with E-state index in [1.807, 2.05) is 101 Å². The van der Waals surface area contributed by atoms with Crippen molar-refractivity contribution in [2.75, 3.05) is 62.8 Å². The number of ether oxygens (including phenoxy) is 2. The Morgan fingerprint density at radius 1 is 0.804 bits per heavy atom. The van der Waals surface area contributed by atoms with Gasteiger partial charge in [0.05, 0.1) is 13.2 Å². The van der Waals surface area contributed by atoms with Crippen LogP contribution in [0.25, 0.3) is 0 Å². The Balaban J connectivity index is 1.15. The molecule has 1 saturated carbocycles. The van der Waals surface area contributed by atoms with E-state index < -0.39 is 0 Å². The smallest absolute Gasteiger partial charge is 0.326 e.